The normalized spacial score (nSPS) is 12.0. The van der Waals surface area contributed by atoms with Gasteiger partial charge in [-0.15, -0.1) is 11.8 Å². The molecule has 1 atom stereocenters. The minimum atomic E-state index is -1.68. The summed E-state index contributed by atoms with van der Waals surface area (Å²) in [5.41, 5.74) is 4.72. The van der Waals surface area contributed by atoms with Crippen LogP contribution < -0.4 is 11.1 Å². The van der Waals surface area contributed by atoms with Crippen LogP contribution in [0.15, 0.2) is 12.1 Å². The minimum Gasteiger partial charge on any atom is -0.480 e. The van der Waals surface area contributed by atoms with Gasteiger partial charge >= 0.3 is 5.97 Å². The summed E-state index contributed by atoms with van der Waals surface area (Å²) in [6, 6.07) is 0.452. The first-order valence-electron chi connectivity index (χ1n) is 5.32. The molecule has 0 aliphatic rings. The molecule has 0 fully saturated rings. The first kappa shape index (κ1) is 16.3. The second kappa shape index (κ2) is 7.15. The lowest BCUT2D eigenvalue weighted by Gasteiger charge is -2.08. The Morgan fingerprint density at radius 3 is 2.55 bits per heavy atom. The van der Waals surface area contributed by atoms with Crippen LogP contribution in [0.1, 0.15) is 0 Å². The van der Waals surface area contributed by atoms with Crippen LogP contribution in [0.4, 0.5) is 18.9 Å². The van der Waals surface area contributed by atoms with E-state index in [0.717, 1.165) is 17.8 Å². The predicted octanol–water partition coefficient (Wildman–Crippen LogP) is 1.19. The molecule has 0 bridgehead atoms. The number of carbonyl (C=O) groups excluding carboxylic acids is 1. The van der Waals surface area contributed by atoms with Crippen LogP contribution in [0.5, 0.6) is 0 Å². The summed E-state index contributed by atoms with van der Waals surface area (Å²) < 4.78 is 38.8. The highest BCUT2D eigenvalue weighted by molar-refractivity contribution is 8.00. The van der Waals surface area contributed by atoms with Gasteiger partial charge < -0.3 is 16.2 Å². The van der Waals surface area contributed by atoms with Gasteiger partial charge in [-0.05, 0) is 12.1 Å². The fraction of sp³-hybridized carbons (Fsp3) is 0.273. The second-order valence-corrected chi connectivity index (χ2v) is 4.76. The Balaban J connectivity index is 2.51. The molecule has 110 valence electrons. The van der Waals surface area contributed by atoms with Crippen molar-refractivity contribution in [2.45, 2.75) is 6.04 Å². The number of benzene rings is 1. The number of carboxylic acids is 1. The van der Waals surface area contributed by atoms with Gasteiger partial charge in [-0.25, -0.2) is 13.2 Å². The molecule has 1 aromatic rings. The van der Waals surface area contributed by atoms with E-state index in [1.165, 1.54) is 0 Å². The van der Waals surface area contributed by atoms with Crippen molar-refractivity contribution in [2.75, 3.05) is 16.8 Å². The fourth-order valence-electron chi connectivity index (χ4n) is 1.16. The number of thioether (sulfide) groups is 1. The van der Waals surface area contributed by atoms with Crippen LogP contribution in [0.3, 0.4) is 0 Å². The van der Waals surface area contributed by atoms with E-state index < -0.39 is 41.1 Å². The Morgan fingerprint density at radius 2 is 1.95 bits per heavy atom. The number of rotatable bonds is 6. The third kappa shape index (κ3) is 4.42. The maximum atomic E-state index is 13.2. The SMILES string of the molecule is N[C@@H](CSCC(=O)Nc1ccc(F)c(F)c1F)C(=O)O. The van der Waals surface area contributed by atoms with Crippen LogP contribution in [-0.2, 0) is 9.59 Å². The quantitative estimate of drug-likeness (QED) is 0.687. The number of carbonyl (C=O) groups is 2. The van der Waals surface area contributed by atoms with Gasteiger partial charge in [0.25, 0.3) is 0 Å². The Morgan fingerprint density at radius 1 is 1.30 bits per heavy atom. The van der Waals surface area contributed by atoms with Crippen molar-refractivity contribution < 1.29 is 27.9 Å². The standard InChI is InChI=1S/C11H11F3N2O3S/c12-5-1-2-7(10(14)9(5)13)16-8(17)4-20-3-6(15)11(18)19/h1-2,6H,3-4,15H2,(H,16,17)(H,18,19)/t6-/m0/s1. The molecule has 0 aromatic heterocycles. The highest BCUT2D eigenvalue weighted by atomic mass is 32.2. The molecular formula is C11H11F3N2O3S. The van der Waals surface area contributed by atoms with E-state index in [1.807, 2.05) is 0 Å². The van der Waals surface area contributed by atoms with Crippen molar-refractivity contribution in [1.82, 2.24) is 0 Å². The number of anilines is 1. The molecule has 1 aromatic carbocycles. The molecule has 20 heavy (non-hydrogen) atoms. The number of nitrogens with one attached hydrogen (secondary N) is 1. The van der Waals surface area contributed by atoms with Gasteiger partial charge in [0.05, 0.1) is 11.4 Å². The zero-order chi connectivity index (χ0) is 15.3. The third-order valence-corrected chi connectivity index (χ3v) is 3.22. The van der Waals surface area contributed by atoms with Gasteiger partial charge in [-0.1, -0.05) is 0 Å². The molecule has 9 heteroatoms. The second-order valence-electron chi connectivity index (χ2n) is 3.73. The molecule has 4 N–H and O–H groups in total. The Labute approximate surface area is 116 Å². The van der Waals surface area contributed by atoms with Gasteiger partial charge in [-0.3, -0.25) is 9.59 Å². The minimum absolute atomic E-state index is 0.0109. The summed E-state index contributed by atoms with van der Waals surface area (Å²) in [5.74, 6) is -6.62. The average Bonchev–Trinajstić information content (AvgIpc) is 2.39. The molecule has 0 aliphatic carbocycles. The molecule has 0 saturated carbocycles. The van der Waals surface area contributed by atoms with Gasteiger partial charge in [0.2, 0.25) is 5.91 Å². The molecule has 1 amide bonds. The van der Waals surface area contributed by atoms with Crippen molar-refractivity contribution in [3.63, 3.8) is 0 Å². The molecule has 0 unspecified atom stereocenters. The lowest BCUT2D eigenvalue weighted by Crippen LogP contribution is -2.33. The van der Waals surface area contributed by atoms with Crippen molar-refractivity contribution >= 4 is 29.3 Å². The van der Waals surface area contributed by atoms with E-state index in [2.05, 4.69) is 5.32 Å². The van der Waals surface area contributed by atoms with E-state index in [9.17, 15) is 22.8 Å². The van der Waals surface area contributed by atoms with Gasteiger partial charge in [0, 0.05) is 5.75 Å². The molecule has 5 nitrogen and oxygen atoms in total. The molecule has 0 heterocycles. The van der Waals surface area contributed by atoms with Crippen LogP contribution in [0.2, 0.25) is 0 Å². The summed E-state index contributed by atoms with van der Waals surface area (Å²) in [6.45, 7) is 0. The maximum Gasteiger partial charge on any atom is 0.321 e. The Hall–Kier alpha value is -1.74. The van der Waals surface area contributed by atoms with E-state index in [1.54, 1.807) is 0 Å². The van der Waals surface area contributed by atoms with Gasteiger partial charge in [0.1, 0.15) is 6.04 Å². The number of hydrogen-bond acceptors (Lipinski definition) is 4. The first-order chi connectivity index (χ1) is 9.32. The van der Waals surface area contributed by atoms with Crippen molar-refractivity contribution in [2.24, 2.45) is 5.73 Å². The molecular weight excluding hydrogens is 297 g/mol. The topological polar surface area (TPSA) is 92.4 Å². The Bertz CT molecular complexity index is 528. The average molecular weight is 308 g/mol. The van der Waals surface area contributed by atoms with E-state index >= 15 is 0 Å². The monoisotopic (exact) mass is 308 g/mol. The number of amides is 1. The first-order valence-corrected chi connectivity index (χ1v) is 6.48. The number of aliphatic carboxylic acids is 1. The summed E-state index contributed by atoms with van der Waals surface area (Å²) >= 11 is 0.922. The predicted molar refractivity (Wildman–Crippen MR) is 67.9 cm³/mol. The summed E-state index contributed by atoms with van der Waals surface area (Å²) in [6.07, 6.45) is 0. The largest absolute Gasteiger partial charge is 0.480 e. The smallest absolute Gasteiger partial charge is 0.321 e. The Kier molecular flexibility index (Phi) is 5.83. The highest BCUT2D eigenvalue weighted by Gasteiger charge is 2.16. The number of halogens is 3. The van der Waals surface area contributed by atoms with Crippen LogP contribution in [0, 0.1) is 17.5 Å². The van der Waals surface area contributed by atoms with Crippen molar-refractivity contribution in [3.05, 3.63) is 29.6 Å². The lowest BCUT2D eigenvalue weighted by molar-refractivity contribution is -0.137. The van der Waals surface area contributed by atoms with Gasteiger partial charge in [-0.2, -0.15) is 0 Å². The number of carboxylic acid groups (broad SMARTS) is 1. The van der Waals surface area contributed by atoms with E-state index in [-0.39, 0.29) is 11.5 Å². The maximum absolute atomic E-state index is 13.2. The van der Waals surface area contributed by atoms with Crippen LogP contribution in [0.25, 0.3) is 0 Å². The third-order valence-electron chi connectivity index (χ3n) is 2.16. The van der Waals surface area contributed by atoms with Crippen LogP contribution in [-0.4, -0.2) is 34.5 Å². The lowest BCUT2D eigenvalue weighted by atomic mass is 10.3. The fourth-order valence-corrected chi connectivity index (χ4v) is 1.93. The molecule has 0 aliphatic heterocycles. The highest BCUT2D eigenvalue weighted by Crippen LogP contribution is 2.19. The summed E-state index contributed by atoms with van der Waals surface area (Å²) in [4.78, 5) is 21.8. The molecule has 0 spiro atoms. The van der Waals surface area contributed by atoms with Crippen molar-refractivity contribution in [3.8, 4) is 0 Å². The summed E-state index contributed by atoms with van der Waals surface area (Å²) in [5, 5.41) is 10.6. The number of hydrogen-bond donors (Lipinski definition) is 3. The van der Waals surface area contributed by atoms with Gasteiger partial charge in [0.15, 0.2) is 17.5 Å². The van der Waals surface area contributed by atoms with Crippen LogP contribution >= 0.6 is 11.8 Å². The zero-order valence-electron chi connectivity index (χ0n) is 10.0. The zero-order valence-corrected chi connectivity index (χ0v) is 10.8. The molecule has 1 rings (SSSR count). The van der Waals surface area contributed by atoms with Crippen molar-refractivity contribution in [1.29, 1.82) is 0 Å². The molecule has 0 saturated heterocycles. The molecule has 0 radical (unpaired) electrons. The number of nitrogens with two attached hydrogens (primary N) is 1. The van der Waals surface area contributed by atoms with E-state index in [0.29, 0.717) is 6.07 Å². The van der Waals surface area contributed by atoms with E-state index in [4.69, 9.17) is 10.8 Å². The summed E-state index contributed by atoms with van der Waals surface area (Å²) in [7, 11) is 0.